The first-order chi connectivity index (χ1) is 55.7. The van der Waals surface area contributed by atoms with Crippen molar-refractivity contribution >= 4 is 191 Å². The van der Waals surface area contributed by atoms with Gasteiger partial charge in [-0.25, -0.2) is 39.9 Å². The SMILES string of the molecule is Cc1ccc2c(C)nc(CCl)nc2c1.Cc1ccc2c(Cl)ccnc2c1.Cc1ccc2cccnc2c1C.Cc1ccc2nc(CCl)nc(C)c2c1.Cc1ccc2nccc(Cl)c2c1.Cc1cccc2c(Cl)ccnc12.Cc1cccc2nc(CCl)nc(C)c12.Cc1cccc2nccc(Cl)c12.Cc1nc(CCl)nc2c(C)cccc12. The van der Waals surface area contributed by atoms with Gasteiger partial charge in [-0.3, -0.25) is 24.9 Å². The molecule has 0 saturated heterocycles. The van der Waals surface area contributed by atoms with Crippen LogP contribution in [0, 0.1) is 96.9 Å². The van der Waals surface area contributed by atoms with Gasteiger partial charge >= 0.3 is 0 Å². The number of hydrogen-bond donors (Lipinski definition) is 0. The van der Waals surface area contributed by atoms with Crippen LogP contribution in [0.1, 0.15) is 102 Å². The molecule has 21 heteroatoms. The van der Waals surface area contributed by atoms with E-state index in [-0.39, 0.29) is 0 Å². The fourth-order valence-electron chi connectivity index (χ4n) is 12.8. The number of fused-ring (bicyclic) bond motifs is 9. The minimum absolute atomic E-state index is 0.366. The fraction of sp³-hybridized carbons (Fsp3) is 0.189. The minimum Gasteiger partial charge on any atom is -0.256 e. The molecule has 0 aliphatic heterocycles. The van der Waals surface area contributed by atoms with Crippen LogP contribution in [0.2, 0.25) is 20.1 Å². The van der Waals surface area contributed by atoms with E-state index in [1.165, 1.54) is 55.5 Å². The number of aromatic nitrogens is 13. The van der Waals surface area contributed by atoms with Crippen LogP contribution in [0.3, 0.4) is 0 Å². The van der Waals surface area contributed by atoms with Crippen molar-refractivity contribution in [1.29, 1.82) is 0 Å². The second-order valence-electron chi connectivity index (χ2n) is 27.7. The van der Waals surface area contributed by atoms with Gasteiger partial charge in [0.15, 0.2) is 0 Å². The molecule has 0 saturated carbocycles. The van der Waals surface area contributed by atoms with Gasteiger partial charge in [0, 0.05) is 102 Å². The second kappa shape index (κ2) is 42.0. The average molecular weight is 1690 g/mol. The van der Waals surface area contributed by atoms with E-state index in [0.29, 0.717) is 46.8 Å². The normalized spacial score (nSPS) is 10.6. The Balaban J connectivity index is 0.000000138. The summed E-state index contributed by atoms with van der Waals surface area (Å²) in [5, 5.41) is 12.9. The standard InChI is InChI=1S/4C11H11ClN2.C11H11N.4C10H8ClN/c1-7-3-4-10-9(5-7)8(2)13-11(6-12)14-10;1-7-3-4-9-8(2)13-11(6-12)14-10(9)5-7;1-7-4-3-5-9-11(7)8(2)13-10(6-12)14-9;1-7-4-3-5-9-8(2)13-10(6-12)14-11(7)9;1-8-5-6-10-4-3-7-12-11(10)9(8)2;1-7-2-3-10-8(6-7)9(11)4-5-12-10;1-7-2-3-8-9(11)4-5-12-10(8)6-7;1-7-3-2-4-9-10(7)8(11)5-6-12-9;1-7-3-2-4-8-9(11)5-6-12-10(7)8/h4*3-5H,6H2,1-2H3;3-7H,1-2H3;4*2-6H,1H3. The molecule has 0 aliphatic rings. The predicted octanol–water partition coefficient (Wildman–Crippen LogP) is 27.6. The van der Waals surface area contributed by atoms with Crippen molar-refractivity contribution < 1.29 is 0 Å². The summed E-state index contributed by atoms with van der Waals surface area (Å²) in [7, 11) is 0. The van der Waals surface area contributed by atoms with Crippen molar-refractivity contribution in [2.45, 2.75) is 120 Å². The van der Waals surface area contributed by atoms with Gasteiger partial charge in [-0.05, 0) is 220 Å². The average Bonchev–Trinajstić information content (AvgIpc) is 0.811. The lowest BCUT2D eigenvalue weighted by atomic mass is 10.1. The first-order valence-corrected chi connectivity index (χ1v) is 40.9. The maximum Gasteiger partial charge on any atom is 0.144 e. The summed E-state index contributed by atoms with van der Waals surface area (Å²) in [6.45, 7) is 28.6. The molecular formula is C95H87Cl8N13. The lowest BCUT2D eigenvalue weighted by Crippen LogP contribution is -1.97. The third-order valence-corrected chi connectivity index (χ3v) is 21.1. The molecule has 0 radical (unpaired) electrons. The summed E-state index contributed by atoms with van der Waals surface area (Å²) < 4.78 is 0. The van der Waals surface area contributed by atoms with E-state index in [1.54, 1.807) is 30.9 Å². The van der Waals surface area contributed by atoms with Gasteiger partial charge in [0.2, 0.25) is 0 Å². The van der Waals surface area contributed by atoms with Crippen molar-refractivity contribution in [2.75, 3.05) is 0 Å². The summed E-state index contributed by atoms with van der Waals surface area (Å²) in [5.41, 5.74) is 25.1. The van der Waals surface area contributed by atoms with E-state index in [4.69, 9.17) is 92.8 Å². The molecule has 0 amide bonds. The van der Waals surface area contributed by atoms with Crippen LogP contribution in [0.25, 0.3) is 98.1 Å². The Kier molecular flexibility index (Phi) is 31.9. The first-order valence-electron chi connectivity index (χ1n) is 37.3. The zero-order valence-corrected chi connectivity index (χ0v) is 73.1. The molecule has 0 bridgehead atoms. The lowest BCUT2D eigenvalue weighted by Gasteiger charge is -2.05. The Morgan fingerprint density at radius 2 is 0.664 bits per heavy atom. The summed E-state index contributed by atoms with van der Waals surface area (Å²) in [4.78, 5) is 56.0. The zero-order chi connectivity index (χ0) is 83.3. The molecule has 116 heavy (non-hydrogen) atoms. The van der Waals surface area contributed by atoms with Crippen molar-refractivity contribution in [2.24, 2.45) is 0 Å². The number of alkyl halides is 4. The third kappa shape index (κ3) is 23.1. The number of hydrogen-bond acceptors (Lipinski definition) is 13. The van der Waals surface area contributed by atoms with Crippen LogP contribution in [-0.2, 0) is 23.5 Å². The van der Waals surface area contributed by atoms with Crippen LogP contribution < -0.4 is 0 Å². The number of rotatable bonds is 4. The molecule has 0 fully saturated rings. The van der Waals surface area contributed by atoms with Crippen molar-refractivity contribution in [3.8, 4) is 0 Å². The number of para-hydroxylation sites is 2. The molecule has 0 aliphatic carbocycles. The molecule has 18 aromatic rings. The number of pyridine rings is 5. The van der Waals surface area contributed by atoms with Crippen LogP contribution in [0.4, 0.5) is 0 Å². The molecule has 18 rings (SSSR count). The fourth-order valence-corrected chi connectivity index (χ4v) is 14.2. The Morgan fingerprint density at radius 3 is 1.28 bits per heavy atom. The topological polar surface area (TPSA) is 168 Å². The van der Waals surface area contributed by atoms with Gasteiger partial charge in [-0.1, -0.05) is 173 Å². The minimum atomic E-state index is 0.366. The van der Waals surface area contributed by atoms with E-state index in [0.717, 1.165) is 141 Å². The van der Waals surface area contributed by atoms with Crippen LogP contribution in [0.5, 0.6) is 0 Å². The van der Waals surface area contributed by atoms with E-state index >= 15 is 0 Å². The van der Waals surface area contributed by atoms with Crippen molar-refractivity contribution in [3.05, 3.63) is 347 Å². The lowest BCUT2D eigenvalue weighted by molar-refractivity contribution is 1.02. The van der Waals surface area contributed by atoms with Gasteiger partial charge in [-0.15, -0.1) is 46.4 Å². The van der Waals surface area contributed by atoms with Gasteiger partial charge in [-0.2, -0.15) is 0 Å². The van der Waals surface area contributed by atoms with Crippen molar-refractivity contribution in [3.63, 3.8) is 0 Å². The van der Waals surface area contributed by atoms with E-state index in [1.807, 2.05) is 208 Å². The van der Waals surface area contributed by atoms with Crippen LogP contribution in [-0.4, -0.2) is 64.8 Å². The predicted molar refractivity (Wildman–Crippen MR) is 491 cm³/mol. The Hall–Kier alpha value is -10.3. The molecular weight excluding hydrogens is 1610 g/mol. The molecule has 9 aromatic heterocycles. The Morgan fingerprint density at radius 1 is 0.233 bits per heavy atom. The first kappa shape index (κ1) is 88.1. The van der Waals surface area contributed by atoms with Gasteiger partial charge in [0.1, 0.15) is 23.3 Å². The summed E-state index contributed by atoms with van der Waals surface area (Å²) >= 11 is 46.8. The number of aryl methyl sites for hydroxylation is 14. The van der Waals surface area contributed by atoms with E-state index in [9.17, 15) is 0 Å². The molecule has 0 spiro atoms. The summed E-state index contributed by atoms with van der Waals surface area (Å²) in [6, 6.07) is 64.2. The number of benzene rings is 9. The molecule has 0 atom stereocenters. The largest absolute Gasteiger partial charge is 0.256 e. The van der Waals surface area contributed by atoms with Crippen LogP contribution in [0.15, 0.2) is 225 Å². The summed E-state index contributed by atoms with van der Waals surface area (Å²) in [6.07, 6.45) is 8.75. The highest BCUT2D eigenvalue weighted by molar-refractivity contribution is 6.36. The molecule has 13 nitrogen and oxygen atoms in total. The van der Waals surface area contributed by atoms with Crippen molar-refractivity contribution in [1.82, 2.24) is 64.8 Å². The Labute approximate surface area is 717 Å². The highest BCUT2D eigenvalue weighted by atomic mass is 35.5. The monoisotopic (exact) mass is 1690 g/mol. The molecule has 0 unspecified atom stereocenters. The quantitative estimate of drug-likeness (QED) is 0.153. The number of halogens is 8. The van der Waals surface area contributed by atoms with Gasteiger partial charge in [0.05, 0.1) is 93.3 Å². The highest BCUT2D eigenvalue weighted by Gasteiger charge is 2.11. The smallest absolute Gasteiger partial charge is 0.144 e. The molecule has 0 N–H and O–H groups in total. The Bertz CT molecular complexity index is 6370. The maximum absolute atomic E-state index is 6.02. The van der Waals surface area contributed by atoms with Crippen LogP contribution >= 0.6 is 92.8 Å². The van der Waals surface area contributed by atoms with E-state index < -0.39 is 0 Å². The molecule has 9 aromatic carbocycles. The summed E-state index contributed by atoms with van der Waals surface area (Å²) in [5.74, 6) is 4.25. The zero-order valence-electron chi connectivity index (χ0n) is 67.0. The second-order valence-corrected chi connectivity index (χ2v) is 30.3. The van der Waals surface area contributed by atoms with E-state index in [2.05, 4.69) is 148 Å². The highest BCUT2D eigenvalue weighted by Crippen LogP contribution is 2.29. The molecule has 9 heterocycles. The molecule has 588 valence electrons. The van der Waals surface area contributed by atoms with Gasteiger partial charge < -0.3 is 0 Å². The third-order valence-electron chi connectivity index (χ3n) is 18.8. The maximum atomic E-state index is 6.02. The van der Waals surface area contributed by atoms with Gasteiger partial charge in [0.25, 0.3) is 0 Å². The number of nitrogens with zero attached hydrogens (tertiary/aromatic N) is 13.